The summed E-state index contributed by atoms with van der Waals surface area (Å²) in [7, 11) is -3.65. The third kappa shape index (κ3) is 5.40. The minimum Gasteiger partial charge on any atom is -0.490 e. The Hall–Kier alpha value is -3.99. The van der Waals surface area contributed by atoms with Gasteiger partial charge in [0.2, 0.25) is 0 Å². The highest BCUT2D eigenvalue weighted by atomic mass is 32.2. The Morgan fingerprint density at radius 2 is 1.97 bits per heavy atom. The van der Waals surface area contributed by atoms with Crippen molar-refractivity contribution in [3.05, 3.63) is 77.2 Å². The highest BCUT2D eigenvalue weighted by Gasteiger charge is 2.27. The summed E-state index contributed by atoms with van der Waals surface area (Å²) in [6.45, 7) is 5.17. The molecule has 0 unspecified atom stereocenters. The molecule has 3 heterocycles. The molecular formula is C24H25N5O5S. The number of benzene rings is 1. The summed E-state index contributed by atoms with van der Waals surface area (Å²) in [5.41, 5.74) is 7.00. The molecule has 0 bridgehead atoms. The van der Waals surface area contributed by atoms with Gasteiger partial charge in [-0.3, -0.25) is 9.59 Å². The highest BCUT2D eigenvalue weighted by molar-refractivity contribution is 7.89. The van der Waals surface area contributed by atoms with Crippen LogP contribution in [0.2, 0.25) is 0 Å². The largest absolute Gasteiger partial charge is 0.490 e. The van der Waals surface area contributed by atoms with Gasteiger partial charge in [0.1, 0.15) is 24.0 Å². The van der Waals surface area contributed by atoms with E-state index in [1.54, 1.807) is 67.2 Å². The molecule has 3 N–H and O–H groups in total. The number of carbonyl (C=O) groups is 2. The van der Waals surface area contributed by atoms with Crippen LogP contribution in [0.4, 0.5) is 0 Å². The van der Waals surface area contributed by atoms with Gasteiger partial charge in [0.25, 0.3) is 15.9 Å². The van der Waals surface area contributed by atoms with E-state index in [1.807, 2.05) is 0 Å². The van der Waals surface area contributed by atoms with Crippen LogP contribution in [-0.2, 0) is 15.8 Å². The molecule has 4 rings (SSSR count). The number of pyridine rings is 1. The first-order chi connectivity index (χ1) is 16.4. The molecule has 0 spiro atoms. The first-order valence-corrected chi connectivity index (χ1v) is 12.4. The smallest absolute Gasteiger partial charge is 0.259 e. The first kappa shape index (κ1) is 24.1. The summed E-state index contributed by atoms with van der Waals surface area (Å²) < 4.78 is 35.0. The van der Waals surface area contributed by atoms with Gasteiger partial charge in [-0.25, -0.2) is 13.4 Å². The van der Waals surface area contributed by atoms with Crippen LogP contribution in [0.3, 0.4) is 0 Å². The number of sulfonamides is 1. The van der Waals surface area contributed by atoms with Gasteiger partial charge in [0, 0.05) is 29.7 Å². The minimum atomic E-state index is -3.65. The molecule has 2 aromatic heterocycles. The Bertz CT molecular complexity index is 1460. The van der Waals surface area contributed by atoms with Crippen molar-refractivity contribution >= 4 is 27.5 Å². The number of nitrogens with one attached hydrogen (secondary N) is 1. The quantitative estimate of drug-likeness (QED) is 0.478. The summed E-state index contributed by atoms with van der Waals surface area (Å²) >= 11 is 0. The number of hydrogen-bond donors (Lipinski definition) is 2. The molecule has 3 aromatic rings. The summed E-state index contributed by atoms with van der Waals surface area (Å²) in [5.74, 6) is 0.129. The zero-order chi connectivity index (χ0) is 25.4. The van der Waals surface area contributed by atoms with Crippen LogP contribution in [0.1, 0.15) is 52.6 Å². The van der Waals surface area contributed by atoms with E-state index in [9.17, 15) is 18.0 Å². The van der Waals surface area contributed by atoms with Crippen molar-refractivity contribution in [3.8, 4) is 11.6 Å². The standard InChI is InChI=1S/C24H25N5O5S/c1-15(30)17-8-10-29(12-17)20-11-16(7-9-26-20)23(31)27-24(2,3)14-34-19-6-4-5-18-13-35(32,33)28-22(25)21(18)19/h4-12H,13-14H2,1-3H3,(H2,25,28)(H,27,31). The molecule has 0 fully saturated rings. The number of aromatic nitrogens is 2. The van der Waals surface area contributed by atoms with Crippen LogP contribution < -0.4 is 15.8 Å². The van der Waals surface area contributed by atoms with Gasteiger partial charge in [-0.1, -0.05) is 12.1 Å². The van der Waals surface area contributed by atoms with Crippen molar-refractivity contribution in [3.63, 3.8) is 0 Å². The Balaban J connectivity index is 1.47. The second-order valence-electron chi connectivity index (χ2n) is 8.89. The zero-order valence-corrected chi connectivity index (χ0v) is 20.3. The monoisotopic (exact) mass is 495 g/mol. The van der Waals surface area contributed by atoms with E-state index in [-0.39, 0.29) is 29.9 Å². The van der Waals surface area contributed by atoms with Gasteiger partial charge < -0.3 is 20.4 Å². The summed E-state index contributed by atoms with van der Waals surface area (Å²) in [6, 6.07) is 9.94. The molecule has 11 heteroatoms. The van der Waals surface area contributed by atoms with E-state index >= 15 is 0 Å². The second-order valence-corrected chi connectivity index (χ2v) is 10.5. The number of amides is 1. The van der Waals surface area contributed by atoms with Crippen molar-refractivity contribution in [1.82, 2.24) is 14.9 Å². The van der Waals surface area contributed by atoms with Gasteiger partial charge in [0.05, 0.1) is 16.9 Å². The average molecular weight is 496 g/mol. The molecule has 0 aliphatic carbocycles. The molecule has 35 heavy (non-hydrogen) atoms. The van der Waals surface area contributed by atoms with E-state index in [0.29, 0.717) is 33.8 Å². The fourth-order valence-electron chi connectivity index (χ4n) is 3.65. The van der Waals surface area contributed by atoms with E-state index < -0.39 is 15.6 Å². The SMILES string of the molecule is CC(=O)c1ccn(-c2cc(C(=O)NC(C)(C)COc3cccc4c3C(N)=NS(=O)(=O)C4)ccn2)c1. The first-order valence-electron chi connectivity index (χ1n) is 10.8. The number of nitrogens with two attached hydrogens (primary N) is 1. The van der Waals surface area contributed by atoms with Gasteiger partial charge in [-0.05, 0) is 50.6 Å². The third-order valence-electron chi connectivity index (χ3n) is 5.36. The van der Waals surface area contributed by atoms with Crippen molar-refractivity contribution in [2.45, 2.75) is 32.1 Å². The van der Waals surface area contributed by atoms with Crippen molar-refractivity contribution < 1.29 is 22.7 Å². The van der Waals surface area contributed by atoms with Crippen molar-refractivity contribution in [2.24, 2.45) is 10.1 Å². The van der Waals surface area contributed by atoms with Gasteiger partial charge >= 0.3 is 0 Å². The summed E-state index contributed by atoms with van der Waals surface area (Å²) in [4.78, 5) is 28.8. The lowest BCUT2D eigenvalue weighted by molar-refractivity contribution is 0.0880. The molecule has 0 saturated carbocycles. The second kappa shape index (κ2) is 8.99. The third-order valence-corrected chi connectivity index (χ3v) is 6.51. The molecule has 0 atom stereocenters. The number of fused-ring (bicyclic) bond motifs is 1. The van der Waals surface area contributed by atoms with Crippen molar-refractivity contribution in [1.29, 1.82) is 0 Å². The van der Waals surface area contributed by atoms with E-state index in [4.69, 9.17) is 10.5 Å². The number of carbonyl (C=O) groups excluding carboxylic acids is 2. The number of rotatable bonds is 7. The highest BCUT2D eigenvalue weighted by Crippen LogP contribution is 2.28. The molecular weight excluding hydrogens is 470 g/mol. The lowest BCUT2D eigenvalue weighted by Crippen LogP contribution is -2.48. The zero-order valence-electron chi connectivity index (χ0n) is 19.5. The maximum Gasteiger partial charge on any atom is 0.259 e. The van der Waals surface area contributed by atoms with Crippen LogP contribution in [0.15, 0.2) is 59.4 Å². The fourth-order valence-corrected chi connectivity index (χ4v) is 4.74. The predicted octanol–water partition coefficient (Wildman–Crippen LogP) is 2.21. The molecule has 0 saturated heterocycles. The average Bonchev–Trinajstić information content (AvgIpc) is 3.27. The molecule has 1 aliphatic heterocycles. The maximum absolute atomic E-state index is 13.0. The van der Waals surface area contributed by atoms with Crippen LogP contribution >= 0.6 is 0 Å². The van der Waals surface area contributed by atoms with Crippen LogP contribution in [-0.4, -0.2) is 47.6 Å². The topological polar surface area (TPSA) is 146 Å². The van der Waals surface area contributed by atoms with Crippen LogP contribution in [0, 0.1) is 0 Å². The van der Waals surface area contributed by atoms with Crippen LogP contribution in [0.25, 0.3) is 5.82 Å². The summed E-state index contributed by atoms with van der Waals surface area (Å²) in [5, 5.41) is 2.94. The molecule has 10 nitrogen and oxygen atoms in total. The lowest BCUT2D eigenvalue weighted by atomic mass is 10.0. The molecule has 1 aliphatic rings. The van der Waals surface area contributed by atoms with Gasteiger partial charge in [-0.2, -0.15) is 0 Å². The number of ketones is 1. The number of hydrogen-bond acceptors (Lipinski definition) is 7. The number of ether oxygens (including phenoxy) is 1. The lowest BCUT2D eigenvalue weighted by Gasteiger charge is -2.27. The van der Waals surface area contributed by atoms with E-state index in [1.165, 1.54) is 13.1 Å². The van der Waals surface area contributed by atoms with E-state index in [0.717, 1.165) is 0 Å². The number of amidine groups is 1. The molecule has 182 valence electrons. The van der Waals surface area contributed by atoms with E-state index in [2.05, 4.69) is 14.7 Å². The Morgan fingerprint density at radius 3 is 2.69 bits per heavy atom. The predicted molar refractivity (Wildman–Crippen MR) is 130 cm³/mol. The maximum atomic E-state index is 13.0. The molecule has 1 aromatic carbocycles. The minimum absolute atomic E-state index is 0.0614. The number of Topliss-reactive ketones (excluding diaryl/α,β-unsaturated/α-hetero) is 1. The van der Waals surface area contributed by atoms with Crippen molar-refractivity contribution in [2.75, 3.05) is 6.61 Å². The van der Waals surface area contributed by atoms with Crippen LogP contribution in [0.5, 0.6) is 5.75 Å². The van der Waals surface area contributed by atoms with Gasteiger partial charge in [-0.15, -0.1) is 4.40 Å². The Morgan fingerprint density at radius 1 is 1.20 bits per heavy atom. The fraction of sp³-hybridized carbons (Fsp3) is 0.250. The van der Waals surface area contributed by atoms with Gasteiger partial charge in [0.15, 0.2) is 5.78 Å². The Labute approximate surface area is 202 Å². The Kier molecular flexibility index (Phi) is 6.20. The molecule has 1 amide bonds. The normalized spacial score (nSPS) is 14.5. The molecule has 0 radical (unpaired) electrons. The summed E-state index contributed by atoms with van der Waals surface area (Å²) in [6.07, 6.45) is 4.89. The number of nitrogens with zero attached hydrogens (tertiary/aromatic N) is 3.